The van der Waals surface area contributed by atoms with Crippen LogP contribution in [0.3, 0.4) is 0 Å². The number of thioether (sulfide) groups is 1. The van der Waals surface area contributed by atoms with E-state index in [1.54, 1.807) is 11.8 Å². The number of nitrogens with two attached hydrogens (primary N) is 1. The van der Waals surface area contributed by atoms with Crippen LogP contribution in [0.4, 0.5) is 24.8 Å². The molecule has 100 valence electrons. The van der Waals surface area contributed by atoms with Crippen LogP contribution in [0.5, 0.6) is 0 Å². The van der Waals surface area contributed by atoms with Crippen LogP contribution >= 0.6 is 11.8 Å². The van der Waals surface area contributed by atoms with Crippen molar-refractivity contribution < 1.29 is 13.2 Å². The van der Waals surface area contributed by atoms with E-state index >= 15 is 0 Å². The van der Waals surface area contributed by atoms with Crippen molar-refractivity contribution in [2.75, 3.05) is 28.7 Å². The third-order valence-electron chi connectivity index (χ3n) is 2.82. The number of alkyl halides is 3. The van der Waals surface area contributed by atoms with E-state index in [0.717, 1.165) is 23.6 Å². The topological polar surface area (TPSA) is 42.1 Å². The molecule has 0 spiro atoms. The Morgan fingerprint density at radius 2 is 2.17 bits per heavy atom. The predicted octanol–water partition coefficient (Wildman–Crippen LogP) is 2.62. The van der Waals surface area contributed by atoms with Crippen molar-refractivity contribution in [1.29, 1.82) is 0 Å². The highest BCUT2D eigenvalue weighted by atomic mass is 32.2. The van der Waals surface area contributed by atoms with Gasteiger partial charge in [-0.2, -0.15) is 24.9 Å². The standard InChI is InChI=1S/C11H14F3N3S/c1-7-6-18-3-2-17(7)10-5-8(11(12,13)14)4-9(15)16-10/h4-5,7H,2-3,6H2,1H3,(H2,15,16). The maximum absolute atomic E-state index is 12.7. The van der Waals surface area contributed by atoms with E-state index in [4.69, 9.17) is 5.73 Å². The van der Waals surface area contributed by atoms with Crippen LogP contribution in [0.25, 0.3) is 0 Å². The molecule has 2 N–H and O–H groups in total. The van der Waals surface area contributed by atoms with Gasteiger partial charge in [0.25, 0.3) is 0 Å². The summed E-state index contributed by atoms with van der Waals surface area (Å²) in [7, 11) is 0. The molecular weight excluding hydrogens is 263 g/mol. The maximum atomic E-state index is 12.7. The SMILES string of the molecule is CC1CSCCN1c1cc(C(F)(F)F)cc(N)n1. The molecule has 0 saturated carbocycles. The van der Waals surface area contributed by atoms with Crippen LogP contribution in [0.15, 0.2) is 12.1 Å². The second-order valence-electron chi connectivity index (χ2n) is 4.25. The lowest BCUT2D eigenvalue weighted by Gasteiger charge is -2.34. The molecule has 1 aliphatic rings. The number of anilines is 2. The van der Waals surface area contributed by atoms with Crippen LogP contribution in [-0.2, 0) is 6.18 Å². The van der Waals surface area contributed by atoms with E-state index in [1.807, 2.05) is 11.8 Å². The third kappa shape index (κ3) is 2.82. The summed E-state index contributed by atoms with van der Waals surface area (Å²) < 4.78 is 38.1. The van der Waals surface area contributed by atoms with E-state index in [-0.39, 0.29) is 11.9 Å². The number of pyridine rings is 1. The molecule has 1 fully saturated rings. The van der Waals surface area contributed by atoms with Crippen molar-refractivity contribution in [3.05, 3.63) is 17.7 Å². The van der Waals surface area contributed by atoms with Crippen LogP contribution in [0, 0.1) is 0 Å². The van der Waals surface area contributed by atoms with Crippen molar-refractivity contribution in [2.45, 2.75) is 19.1 Å². The molecule has 1 aromatic rings. The lowest BCUT2D eigenvalue weighted by Crippen LogP contribution is -2.41. The van der Waals surface area contributed by atoms with Gasteiger partial charge >= 0.3 is 6.18 Å². The molecule has 1 unspecified atom stereocenters. The van der Waals surface area contributed by atoms with E-state index in [1.165, 1.54) is 0 Å². The second-order valence-corrected chi connectivity index (χ2v) is 5.40. The first-order valence-corrected chi connectivity index (χ1v) is 6.72. The van der Waals surface area contributed by atoms with Gasteiger partial charge in [-0.05, 0) is 19.1 Å². The van der Waals surface area contributed by atoms with Gasteiger partial charge < -0.3 is 10.6 Å². The van der Waals surface area contributed by atoms with Gasteiger partial charge in [-0.3, -0.25) is 0 Å². The van der Waals surface area contributed by atoms with Gasteiger partial charge in [0, 0.05) is 24.1 Å². The normalized spacial score (nSPS) is 21.1. The van der Waals surface area contributed by atoms with Gasteiger partial charge in [-0.15, -0.1) is 0 Å². The van der Waals surface area contributed by atoms with Crippen LogP contribution in [0.1, 0.15) is 12.5 Å². The van der Waals surface area contributed by atoms with Crippen molar-refractivity contribution >= 4 is 23.4 Å². The number of nitrogens with zero attached hydrogens (tertiary/aromatic N) is 2. The van der Waals surface area contributed by atoms with Gasteiger partial charge in [-0.1, -0.05) is 0 Å². The van der Waals surface area contributed by atoms with Gasteiger partial charge in [0.1, 0.15) is 11.6 Å². The van der Waals surface area contributed by atoms with Crippen molar-refractivity contribution in [3.63, 3.8) is 0 Å². The molecule has 7 heteroatoms. The van der Waals surface area contributed by atoms with E-state index in [0.29, 0.717) is 12.4 Å². The highest BCUT2D eigenvalue weighted by molar-refractivity contribution is 7.99. The number of hydrogen-bond donors (Lipinski definition) is 1. The van der Waals surface area contributed by atoms with Crippen LogP contribution < -0.4 is 10.6 Å². The van der Waals surface area contributed by atoms with Crippen molar-refractivity contribution in [1.82, 2.24) is 4.98 Å². The lowest BCUT2D eigenvalue weighted by atomic mass is 10.2. The Balaban J connectivity index is 2.35. The quantitative estimate of drug-likeness (QED) is 0.857. The first-order chi connectivity index (χ1) is 8.38. The smallest absolute Gasteiger partial charge is 0.384 e. The molecule has 0 amide bonds. The first-order valence-electron chi connectivity index (χ1n) is 5.57. The van der Waals surface area contributed by atoms with Crippen molar-refractivity contribution in [3.8, 4) is 0 Å². The Morgan fingerprint density at radius 3 is 2.78 bits per heavy atom. The van der Waals surface area contributed by atoms with Gasteiger partial charge in [-0.25, -0.2) is 4.98 Å². The molecule has 0 bridgehead atoms. The average molecular weight is 277 g/mol. The molecular formula is C11H14F3N3S. The number of nitrogen functional groups attached to an aromatic ring is 1. The molecule has 1 atom stereocenters. The molecule has 2 rings (SSSR count). The third-order valence-corrected chi connectivity index (χ3v) is 4.01. The predicted molar refractivity (Wildman–Crippen MR) is 67.8 cm³/mol. The fourth-order valence-electron chi connectivity index (χ4n) is 1.92. The molecule has 0 radical (unpaired) electrons. The zero-order chi connectivity index (χ0) is 13.3. The highest BCUT2D eigenvalue weighted by Crippen LogP contribution is 2.33. The summed E-state index contributed by atoms with van der Waals surface area (Å²) in [6.07, 6.45) is -4.39. The van der Waals surface area contributed by atoms with E-state index in [2.05, 4.69) is 4.98 Å². The zero-order valence-corrected chi connectivity index (χ0v) is 10.7. The number of aromatic nitrogens is 1. The number of hydrogen-bond acceptors (Lipinski definition) is 4. The van der Waals surface area contributed by atoms with E-state index in [9.17, 15) is 13.2 Å². The zero-order valence-electron chi connectivity index (χ0n) is 9.87. The minimum absolute atomic E-state index is 0.0924. The second kappa shape index (κ2) is 4.87. The number of rotatable bonds is 1. The summed E-state index contributed by atoms with van der Waals surface area (Å²) in [5.74, 6) is 2.00. The average Bonchev–Trinajstić information content (AvgIpc) is 2.27. The molecule has 0 aliphatic carbocycles. The fraction of sp³-hybridized carbons (Fsp3) is 0.545. The molecule has 1 aromatic heterocycles. The molecule has 2 heterocycles. The maximum Gasteiger partial charge on any atom is 0.416 e. The van der Waals surface area contributed by atoms with Gasteiger partial charge in [0.15, 0.2) is 0 Å². The largest absolute Gasteiger partial charge is 0.416 e. The van der Waals surface area contributed by atoms with Gasteiger partial charge in [0.2, 0.25) is 0 Å². The molecule has 18 heavy (non-hydrogen) atoms. The van der Waals surface area contributed by atoms with Crippen LogP contribution in [-0.4, -0.2) is 29.1 Å². The van der Waals surface area contributed by atoms with Gasteiger partial charge in [0.05, 0.1) is 5.56 Å². The molecule has 3 nitrogen and oxygen atoms in total. The summed E-state index contributed by atoms with van der Waals surface area (Å²) in [4.78, 5) is 5.89. The summed E-state index contributed by atoms with van der Waals surface area (Å²) in [6.45, 7) is 2.67. The minimum atomic E-state index is -4.39. The Labute approximate surface area is 108 Å². The summed E-state index contributed by atoms with van der Waals surface area (Å²) in [5, 5.41) is 0. The summed E-state index contributed by atoms with van der Waals surface area (Å²) in [5.41, 5.74) is 4.72. The fourth-order valence-corrected chi connectivity index (χ4v) is 2.93. The number of halogens is 3. The Bertz CT molecular complexity index is 436. The Morgan fingerprint density at radius 1 is 1.44 bits per heavy atom. The van der Waals surface area contributed by atoms with E-state index < -0.39 is 11.7 Å². The monoisotopic (exact) mass is 277 g/mol. The molecule has 1 aliphatic heterocycles. The van der Waals surface area contributed by atoms with Crippen LogP contribution in [0.2, 0.25) is 0 Å². The first kappa shape index (κ1) is 13.3. The lowest BCUT2D eigenvalue weighted by molar-refractivity contribution is -0.137. The summed E-state index contributed by atoms with van der Waals surface area (Å²) in [6, 6.07) is 2.11. The minimum Gasteiger partial charge on any atom is -0.384 e. The molecule has 0 aromatic carbocycles. The summed E-state index contributed by atoms with van der Waals surface area (Å²) >= 11 is 1.79. The molecule has 1 saturated heterocycles. The Hall–Kier alpha value is -1.11. The Kier molecular flexibility index (Phi) is 3.61. The highest BCUT2D eigenvalue weighted by Gasteiger charge is 2.32. The van der Waals surface area contributed by atoms with Crippen molar-refractivity contribution in [2.24, 2.45) is 0 Å².